The Kier molecular flexibility index (Phi) is 4.52. The van der Waals surface area contributed by atoms with Gasteiger partial charge in [0.15, 0.2) is 0 Å². The van der Waals surface area contributed by atoms with Crippen molar-refractivity contribution in [3.8, 4) is 0 Å². The number of nitrogens with zero attached hydrogens (tertiary/aromatic N) is 3. The predicted octanol–water partition coefficient (Wildman–Crippen LogP) is 0.473. The average Bonchev–Trinajstić information content (AvgIpc) is 2.30. The first kappa shape index (κ1) is 13.8. The largest absolute Gasteiger partial charge is 0.480 e. The van der Waals surface area contributed by atoms with Crippen molar-refractivity contribution in [1.82, 2.24) is 20.5 Å². The van der Waals surface area contributed by atoms with Crippen LogP contribution in [0.4, 0.5) is 10.7 Å². The first-order valence-electron chi connectivity index (χ1n) is 5.42. The number of hydrogen-bond acceptors (Lipinski definition) is 5. The summed E-state index contributed by atoms with van der Waals surface area (Å²) in [5.74, 6) is -1.05. The molecule has 18 heavy (non-hydrogen) atoms. The van der Waals surface area contributed by atoms with Gasteiger partial charge in [-0.25, -0.2) is 14.6 Å². The van der Waals surface area contributed by atoms with Crippen molar-refractivity contribution in [1.29, 1.82) is 0 Å². The molecule has 0 saturated carbocycles. The van der Waals surface area contributed by atoms with E-state index >= 15 is 0 Å². The van der Waals surface area contributed by atoms with Crippen LogP contribution in [0.25, 0.3) is 0 Å². The van der Waals surface area contributed by atoms with Crippen LogP contribution in [0.2, 0.25) is 0 Å². The molecule has 3 N–H and O–H groups in total. The third-order valence-corrected chi connectivity index (χ3v) is 2.33. The number of anilines is 1. The lowest BCUT2D eigenvalue weighted by molar-refractivity contribution is -0.139. The maximum Gasteiger partial charge on any atom is 0.326 e. The topological polar surface area (TPSA) is 117 Å². The van der Waals surface area contributed by atoms with E-state index in [0.717, 1.165) is 0 Å². The van der Waals surface area contributed by atoms with Crippen LogP contribution in [0.5, 0.6) is 0 Å². The summed E-state index contributed by atoms with van der Waals surface area (Å²) in [5.41, 5.74) is 1.31. The molecule has 0 bridgehead atoms. The number of aromatic nitrogens is 3. The number of carbonyl (C=O) groups is 2. The Hall–Kier alpha value is -2.25. The molecule has 0 radical (unpaired) electrons. The van der Waals surface area contributed by atoms with Gasteiger partial charge < -0.3 is 10.4 Å². The zero-order valence-electron chi connectivity index (χ0n) is 10.4. The maximum atomic E-state index is 11.5. The Bertz CT molecular complexity index is 463. The van der Waals surface area contributed by atoms with E-state index in [9.17, 15) is 9.59 Å². The highest BCUT2D eigenvalue weighted by molar-refractivity contribution is 5.90. The summed E-state index contributed by atoms with van der Waals surface area (Å²) in [4.78, 5) is 26.2. The highest BCUT2D eigenvalue weighted by atomic mass is 16.4. The summed E-state index contributed by atoms with van der Waals surface area (Å²) < 4.78 is 0. The Morgan fingerprint density at radius 3 is 2.44 bits per heavy atom. The minimum Gasteiger partial charge on any atom is -0.480 e. The van der Waals surface area contributed by atoms with Crippen LogP contribution in [0.1, 0.15) is 24.7 Å². The standard InChI is InChI=1S/C10H15N5O3/c1-4-7(8(16)17)12-10(18)13-9-11-5(2)6(3)14-15-9/h7H,4H2,1-3H3,(H,16,17)(H2,11,12,13,15,18). The number of amides is 2. The molecule has 0 spiro atoms. The van der Waals surface area contributed by atoms with Crippen LogP contribution in [0.3, 0.4) is 0 Å². The number of carboxylic acid groups (broad SMARTS) is 1. The molecule has 0 aliphatic carbocycles. The smallest absolute Gasteiger partial charge is 0.326 e. The maximum absolute atomic E-state index is 11.5. The lowest BCUT2D eigenvalue weighted by Crippen LogP contribution is -2.42. The normalized spacial score (nSPS) is 11.7. The molecular weight excluding hydrogens is 238 g/mol. The lowest BCUT2D eigenvalue weighted by atomic mass is 10.2. The second kappa shape index (κ2) is 5.89. The molecular formula is C10H15N5O3. The number of carbonyl (C=O) groups excluding carboxylic acids is 1. The molecule has 1 aromatic rings. The Morgan fingerprint density at radius 2 is 1.94 bits per heavy atom. The number of urea groups is 1. The van der Waals surface area contributed by atoms with Crippen molar-refractivity contribution in [2.24, 2.45) is 0 Å². The molecule has 0 fully saturated rings. The van der Waals surface area contributed by atoms with Crippen LogP contribution >= 0.6 is 0 Å². The number of hydrogen-bond donors (Lipinski definition) is 3. The zero-order chi connectivity index (χ0) is 13.7. The molecule has 0 saturated heterocycles. The van der Waals surface area contributed by atoms with E-state index in [4.69, 9.17) is 5.11 Å². The summed E-state index contributed by atoms with van der Waals surface area (Å²) in [6.45, 7) is 5.14. The Morgan fingerprint density at radius 1 is 1.28 bits per heavy atom. The molecule has 8 heteroatoms. The molecule has 0 aromatic carbocycles. The minimum atomic E-state index is -1.09. The van der Waals surface area contributed by atoms with E-state index in [1.165, 1.54) is 0 Å². The van der Waals surface area contributed by atoms with Gasteiger partial charge in [0.05, 0.1) is 11.4 Å². The summed E-state index contributed by atoms with van der Waals surface area (Å²) in [6, 6.07) is -1.61. The van der Waals surface area contributed by atoms with Crippen molar-refractivity contribution in [2.45, 2.75) is 33.2 Å². The van der Waals surface area contributed by atoms with Crippen LogP contribution in [-0.4, -0.2) is 38.3 Å². The number of nitrogens with one attached hydrogen (secondary N) is 2. The summed E-state index contributed by atoms with van der Waals surface area (Å²) >= 11 is 0. The van der Waals surface area contributed by atoms with E-state index in [-0.39, 0.29) is 12.4 Å². The number of rotatable bonds is 4. The van der Waals surface area contributed by atoms with Crippen molar-refractivity contribution in [3.63, 3.8) is 0 Å². The molecule has 1 rings (SSSR count). The molecule has 0 aliphatic heterocycles. The third kappa shape index (κ3) is 3.65. The van der Waals surface area contributed by atoms with Crippen molar-refractivity contribution < 1.29 is 14.7 Å². The summed E-state index contributed by atoms with van der Waals surface area (Å²) in [5, 5.41) is 20.9. The first-order chi connectivity index (χ1) is 8.43. The van der Waals surface area contributed by atoms with Crippen molar-refractivity contribution >= 4 is 17.9 Å². The van der Waals surface area contributed by atoms with Gasteiger partial charge in [-0.05, 0) is 20.3 Å². The van der Waals surface area contributed by atoms with E-state index in [2.05, 4.69) is 25.8 Å². The fourth-order valence-corrected chi connectivity index (χ4v) is 1.14. The fraction of sp³-hybridized carbons (Fsp3) is 0.500. The molecule has 1 aromatic heterocycles. The Balaban J connectivity index is 2.64. The van der Waals surface area contributed by atoms with Gasteiger partial charge in [0, 0.05) is 0 Å². The second-order valence-electron chi connectivity index (χ2n) is 3.70. The number of aryl methyl sites for hydroxylation is 2. The van der Waals surface area contributed by atoms with E-state index < -0.39 is 18.0 Å². The van der Waals surface area contributed by atoms with Gasteiger partial charge in [-0.2, -0.15) is 5.10 Å². The van der Waals surface area contributed by atoms with Crippen molar-refractivity contribution in [2.75, 3.05) is 5.32 Å². The van der Waals surface area contributed by atoms with E-state index in [0.29, 0.717) is 11.4 Å². The highest BCUT2D eigenvalue weighted by Gasteiger charge is 2.18. The average molecular weight is 253 g/mol. The van der Waals surface area contributed by atoms with Gasteiger partial charge in [-0.3, -0.25) is 5.32 Å². The van der Waals surface area contributed by atoms with Gasteiger partial charge in [0.1, 0.15) is 6.04 Å². The van der Waals surface area contributed by atoms with Gasteiger partial charge in [-0.15, -0.1) is 5.10 Å². The van der Waals surface area contributed by atoms with Gasteiger partial charge >= 0.3 is 12.0 Å². The minimum absolute atomic E-state index is 0.0378. The van der Waals surface area contributed by atoms with E-state index in [1.54, 1.807) is 20.8 Å². The van der Waals surface area contributed by atoms with Gasteiger partial charge in [-0.1, -0.05) is 6.92 Å². The van der Waals surface area contributed by atoms with Crippen molar-refractivity contribution in [3.05, 3.63) is 11.4 Å². The number of carboxylic acids is 1. The Labute approximate surface area is 104 Å². The SMILES string of the molecule is CCC(NC(=O)Nc1nnc(C)c(C)n1)C(=O)O. The third-order valence-electron chi connectivity index (χ3n) is 2.33. The molecule has 1 unspecified atom stereocenters. The second-order valence-corrected chi connectivity index (χ2v) is 3.70. The number of aliphatic carboxylic acids is 1. The molecule has 0 aliphatic rings. The predicted molar refractivity (Wildman–Crippen MR) is 63.2 cm³/mol. The molecule has 1 atom stereocenters. The molecule has 8 nitrogen and oxygen atoms in total. The van der Waals surface area contributed by atoms with Crippen LogP contribution in [-0.2, 0) is 4.79 Å². The summed E-state index contributed by atoms with van der Waals surface area (Å²) in [7, 11) is 0. The summed E-state index contributed by atoms with van der Waals surface area (Å²) in [6.07, 6.45) is 0.286. The highest BCUT2D eigenvalue weighted by Crippen LogP contribution is 2.02. The molecule has 98 valence electrons. The van der Waals surface area contributed by atoms with Gasteiger partial charge in [0.2, 0.25) is 0 Å². The van der Waals surface area contributed by atoms with Crippen LogP contribution in [0.15, 0.2) is 0 Å². The molecule has 1 heterocycles. The lowest BCUT2D eigenvalue weighted by Gasteiger charge is -2.12. The van der Waals surface area contributed by atoms with Gasteiger partial charge in [0.25, 0.3) is 5.95 Å². The fourth-order valence-electron chi connectivity index (χ4n) is 1.14. The van der Waals surface area contributed by atoms with E-state index in [1.807, 2.05) is 0 Å². The van der Waals surface area contributed by atoms with Crippen LogP contribution < -0.4 is 10.6 Å². The quantitative estimate of drug-likeness (QED) is 0.718. The monoisotopic (exact) mass is 253 g/mol. The first-order valence-corrected chi connectivity index (χ1v) is 5.42. The van der Waals surface area contributed by atoms with Crippen LogP contribution in [0, 0.1) is 13.8 Å². The zero-order valence-corrected chi connectivity index (χ0v) is 10.4. The molecule has 2 amide bonds.